The van der Waals surface area contributed by atoms with Gasteiger partial charge >= 0.3 is 11.9 Å². The minimum absolute atomic E-state index is 0.0752. The van der Waals surface area contributed by atoms with E-state index in [0.29, 0.717) is 19.4 Å². The zero-order valence-corrected chi connectivity index (χ0v) is 13.5. The smallest absolute Gasteiger partial charge is 0.320 e. The lowest BCUT2D eigenvalue weighted by Crippen LogP contribution is -2.34. The Balaban J connectivity index is 2.35. The zero-order chi connectivity index (χ0) is 15.8. The Morgan fingerprint density at radius 3 is 2.33 bits per heavy atom. The van der Waals surface area contributed by atoms with Crippen molar-refractivity contribution >= 4 is 34.5 Å². The third-order valence-corrected chi connectivity index (χ3v) is 3.70. The van der Waals surface area contributed by atoms with E-state index in [1.807, 2.05) is 24.3 Å². The van der Waals surface area contributed by atoms with E-state index in [2.05, 4.69) is 22.6 Å². The van der Waals surface area contributed by atoms with Crippen LogP contribution in [-0.4, -0.2) is 34.8 Å². The lowest BCUT2D eigenvalue weighted by molar-refractivity contribution is -0.143. The van der Waals surface area contributed by atoms with Crippen molar-refractivity contribution in [2.45, 2.75) is 25.3 Å². The second kappa shape index (κ2) is 8.83. The third kappa shape index (κ3) is 6.76. The molecule has 6 nitrogen and oxygen atoms in total. The molecule has 4 N–H and O–H groups in total. The summed E-state index contributed by atoms with van der Waals surface area (Å²) in [6.07, 6.45) is 0.782. The molecule has 0 bridgehead atoms. The minimum atomic E-state index is -1.18. The SMILES string of the molecule is N[C@@H](C[C@H](CCCOc1ccc([125I])cc1)C(=O)O)C(=O)O. The number of hydrogen-bond donors (Lipinski definition) is 3. The molecule has 0 heterocycles. The van der Waals surface area contributed by atoms with Gasteiger partial charge in [0.2, 0.25) is 0 Å². The summed E-state index contributed by atoms with van der Waals surface area (Å²) in [4.78, 5) is 21.7. The van der Waals surface area contributed by atoms with Gasteiger partial charge in [-0.3, -0.25) is 9.59 Å². The Bertz CT molecular complexity index is 477. The molecule has 0 spiro atoms. The molecule has 0 fully saturated rings. The van der Waals surface area contributed by atoms with Gasteiger partial charge in [0.15, 0.2) is 0 Å². The Hall–Kier alpha value is -1.35. The van der Waals surface area contributed by atoms with Crippen LogP contribution in [0.2, 0.25) is 0 Å². The molecule has 0 radical (unpaired) electrons. The molecule has 2 atom stereocenters. The number of benzene rings is 1. The van der Waals surface area contributed by atoms with Crippen LogP contribution in [0.15, 0.2) is 24.3 Å². The number of carbonyl (C=O) groups is 2. The molecule has 0 unspecified atom stereocenters. The van der Waals surface area contributed by atoms with Gasteiger partial charge in [0.25, 0.3) is 0 Å². The van der Waals surface area contributed by atoms with Crippen molar-refractivity contribution in [1.29, 1.82) is 0 Å². The van der Waals surface area contributed by atoms with E-state index in [1.165, 1.54) is 0 Å². The standard InChI is InChI=1S/C14H18INO5/c15-10-3-5-11(6-4-10)21-7-1-2-9(13(17)18)8-12(16)14(19)20/h3-6,9,12H,1-2,7-8,16H2,(H,17,18)(H,19,20)/t9-,12-/m0/s1/i15-2. The first-order chi connectivity index (χ1) is 9.90. The summed E-state index contributed by atoms with van der Waals surface area (Å²) >= 11 is 2.19. The van der Waals surface area contributed by atoms with Gasteiger partial charge in [-0.05, 0) is 66.1 Å². The van der Waals surface area contributed by atoms with Gasteiger partial charge in [-0.25, -0.2) is 0 Å². The van der Waals surface area contributed by atoms with E-state index in [4.69, 9.17) is 20.7 Å². The molecule has 0 aliphatic heterocycles. The van der Waals surface area contributed by atoms with E-state index >= 15 is 0 Å². The van der Waals surface area contributed by atoms with E-state index in [-0.39, 0.29) is 6.42 Å². The number of ether oxygens (including phenoxy) is 1. The van der Waals surface area contributed by atoms with Gasteiger partial charge in [-0.1, -0.05) is 0 Å². The van der Waals surface area contributed by atoms with Crippen molar-refractivity contribution in [3.63, 3.8) is 0 Å². The van der Waals surface area contributed by atoms with Gasteiger partial charge in [-0.2, -0.15) is 0 Å². The number of carboxylic acid groups (broad SMARTS) is 2. The molecule has 0 amide bonds. The first-order valence-corrected chi connectivity index (χ1v) is 7.57. The van der Waals surface area contributed by atoms with Crippen molar-refractivity contribution in [2.24, 2.45) is 11.7 Å². The van der Waals surface area contributed by atoms with Gasteiger partial charge < -0.3 is 20.7 Å². The predicted octanol–water partition coefficient (Wildman–Crippen LogP) is 1.95. The lowest BCUT2D eigenvalue weighted by atomic mass is 9.95. The topological polar surface area (TPSA) is 110 Å². The molecule has 7 heteroatoms. The molecule has 21 heavy (non-hydrogen) atoms. The third-order valence-electron chi connectivity index (χ3n) is 2.98. The maximum atomic E-state index is 11.1. The quantitative estimate of drug-likeness (QED) is 0.428. The molecular formula is C14H18INO5. The van der Waals surface area contributed by atoms with Gasteiger partial charge in [-0.15, -0.1) is 0 Å². The van der Waals surface area contributed by atoms with Crippen LogP contribution in [0.4, 0.5) is 0 Å². The van der Waals surface area contributed by atoms with Crippen molar-refractivity contribution in [3.8, 4) is 5.75 Å². The largest absolute Gasteiger partial charge is 0.494 e. The maximum absolute atomic E-state index is 11.1. The zero-order valence-electron chi connectivity index (χ0n) is 11.4. The minimum Gasteiger partial charge on any atom is -0.494 e. The van der Waals surface area contributed by atoms with Crippen molar-refractivity contribution in [1.82, 2.24) is 0 Å². The van der Waals surface area contributed by atoms with Crippen LogP contribution in [0.25, 0.3) is 0 Å². The molecule has 1 aromatic carbocycles. The van der Waals surface area contributed by atoms with E-state index < -0.39 is 23.9 Å². The summed E-state index contributed by atoms with van der Waals surface area (Å²) in [5.74, 6) is -2.25. The van der Waals surface area contributed by atoms with Crippen LogP contribution >= 0.6 is 22.6 Å². The first kappa shape index (κ1) is 17.7. The Morgan fingerprint density at radius 1 is 1.19 bits per heavy atom. The molecule has 1 aromatic rings. The van der Waals surface area contributed by atoms with Gasteiger partial charge in [0.05, 0.1) is 12.5 Å². The van der Waals surface area contributed by atoms with Crippen molar-refractivity contribution in [3.05, 3.63) is 27.8 Å². The molecule has 1 rings (SSSR count). The highest BCUT2D eigenvalue weighted by atomic mass is 125. The van der Waals surface area contributed by atoms with Gasteiger partial charge in [0, 0.05) is 3.57 Å². The van der Waals surface area contributed by atoms with E-state index in [0.717, 1.165) is 9.32 Å². The summed E-state index contributed by atoms with van der Waals surface area (Å²) in [6.45, 7) is 0.382. The fourth-order valence-electron chi connectivity index (χ4n) is 1.80. The fourth-order valence-corrected chi connectivity index (χ4v) is 2.16. The number of carboxylic acids is 2. The normalized spacial score (nSPS) is 13.4. The average molecular weight is 405 g/mol. The second-order valence-electron chi connectivity index (χ2n) is 4.66. The summed E-state index contributed by atoms with van der Waals surface area (Å²) in [5, 5.41) is 17.8. The monoisotopic (exact) mass is 405 g/mol. The lowest BCUT2D eigenvalue weighted by Gasteiger charge is -2.15. The Kier molecular flexibility index (Phi) is 7.44. The highest BCUT2D eigenvalue weighted by Crippen LogP contribution is 2.16. The molecule has 0 aliphatic rings. The first-order valence-electron chi connectivity index (χ1n) is 6.49. The number of aliphatic carboxylic acids is 2. The molecule has 0 saturated heterocycles. The Labute approximate surface area is 136 Å². The van der Waals surface area contributed by atoms with Crippen LogP contribution in [0.5, 0.6) is 5.75 Å². The van der Waals surface area contributed by atoms with Crippen molar-refractivity contribution in [2.75, 3.05) is 6.61 Å². The van der Waals surface area contributed by atoms with Crippen LogP contribution in [0, 0.1) is 9.49 Å². The van der Waals surface area contributed by atoms with Crippen LogP contribution < -0.4 is 10.5 Å². The van der Waals surface area contributed by atoms with Gasteiger partial charge in [0.1, 0.15) is 11.8 Å². The van der Waals surface area contributed by atoms with E-state index in [9.17, 15) is 9.59 Å². The van der Waals surface area contributed by atoms with Crippen LogP contribution in [0.1, 0.15) is 19.3 Å². The number of nitrogens with two attached hydrogens (primary N) is 1. The highest BCUT2D eigenvalue weighted by molar-refractivity contribution is 14.1. The van der Waals surface area contributed by atoms with Crippen molar-refractivity contribution < 1.29 is 24.5 Å². The fraction of sp³-hybridized carbons (Fsp3) is 0.429. The summed E-state index contributed by atoms with van der Waals surface area (Å²) in [5.41, 5.74) is 5.37. The van der Waals surface area contributed by atoms with Crippen LogP contribution in [0.3, 0.4) is 0 Å². The number of halogens is 1. The molecule has 0 saturated carbocycles. The molecular weight excluding hydrogens is 387 g/mol. The van der Waals surface area contributed by atoms with Crippen LogP contribution in [-0.2, 0) is 9.59 Å². The molecule has 0 aromatic heterocycles. The summed E-state index contributed by atoms with van der Waals surface area (Å²) in [7, 11) is 0. The molecule has 116 valence electrons. The highest BCUT2D eigenvalue weighted by Gasteiger charge is 2.23. The van der Waals surface area contributed by atoms with E-state index in [1.54, 1.807) is 0 Å². The summed E-state index contributed by atoms with van der Waals surface area (Å²) < 4.78 is 6.60. The maximum Gasteiger partial charge on any atom is 0.320 e. The predicted molar refractivity (Wildman–Crippen MR) is 85.2 cm³/mol. The number of rotatable bonds is 9. The molecule has 0 aliphatic carbocycles. The second-order valence-corrected chi connectivity index (χ2v) is 5.91. The number of hydrogen-bond acceptors (Lipinski definition) is 4. The average Bonchev–Trinajstić information content (AvgIpc) is 2.43. The Morgan fingerprint density at radius 2 is 1.81 bits per heavy atom. The summed E-state index contributed by atoms with van der Waals surface area (Å²) in [6, 6.07) is 6.38.